The zero-order valence-corrected chi connectivity index (χ0v) is 12.9. The monoisotopic (exact) mass is 282 g/mol. The summed E-state index contributed by atoms with van der Waals surface area (Å²) in [5.41, 5.74) is 0.0244. The molecule has 5 nitrogen and oxygen atoms in total. The molecule has 0 bridgehead atoms. The third-order valence-corrected chi connectivity index (χ3v) is 4.45. The van der Waals surface area contributed by atoms with Crippen LogP contribution in [0.1, 0.15) is 47.0 Å². The molecule has 20 heavy (non-hydrogen) atoms. The molecular weight excluding hydrogens is 256 g/mol. The van der Waals surface area contributed by atoms with Gasteiger partial charge in [-0.05, 0) is 18.8 Å². The summed E-state index contributed by atoms with van der Waals surface area (Å²) >= 11 is 0. The second-order valence-corrected chi connectivity index (χ2v) is 7.00. The Kier molecular flexibility index (Phi) is 4.49. The van der Waals surface area contributed by atoms with E-state index in [9.17, 15) is 9.59 Å². The molecule has 0 radical (unpaired) electrons. The molecule has 1 aliphatic heterocycles. The smallest absolute Gasteiger partial charge is 0.243 e. The van der Waals surface area contributed by atoms with Crippen LogP contribution in [0.3, 0.4) is 0 Å². The average Bonchev–Trinajstić information content (AvgIpc) is 2.34. The van der Waals surface area contributed by atoms with Gasteiger partial charge in [0, 0.05) is 24.5 Å². The van der Waals surface area contributed by atoms with Gasteiger partial charge in [-0.3, -0.25) is 14.9 Å². The van der Waals surface area contributed by atoms with Gasteiger partial charge in [-0.1, -0.05) is 27.7 Å². The number of ether oxygens (including phenoxy) is 1. The number of carbonyl (C=O) groups excluding carboxylic acids is 2. The molecule has 114 valence electrons. The maximum Gasteiger partial charge on any atom is 0.243 e. The lowest BCUT2D eigenvalue weighted by atomic mass is 9.64. The summed E-state index contributed by atoms with van der Waals surface area (Å²) in [6.07, 6.45) is 2.19. The molecule has 5 heteroatoms. The first-order valence-electron chi connectivity index (χ1n) is 7.52. The van der Waals surface area contributed by atoms with E-state index >= 15 is 0 Å². The van der Waals surface area contributed by atoms with Crippen LogP contribution in [0.4, 0.5) is 0 Å². The number of rotatable bonds is 5. The van der Waals surface area contributed by atoms with Crippen LogP contribution in [0.2, 0.25) is 0 Å². The van der Waals surface area contributed by atoms with Crippen LogP contribution in [0.25, 0.3) is 0 Å². The summed E-state index contributed by atoms with van der Waals surface area (Å²) in [5, 5.41) is 5.78. The molecule has 0 aromatic heterocycles. The number of hydrogen-bond acceptors (Lipinski definition) is 4. The molecule has 3 atom stereocenters. The van der Waals surface area contributed by atoms with Gasteiger partial charge in [0.15, 0.2) is 0 Å². The van der Waals surface area contributed by atoms with E-state index in [-0.39, 0.29) is 35.4 Å². The van der Waals surface area contributed by atoms with Crippen molar-refractivity contribution in [2.75, 3.05) is 6.61 Å². The number of imide groups is 1. The fraction of sp³-hybridized carbons (Fsp3) is 0.867. The van der Waals surface area contributed by atoms with Crippen molar-refractivity contribution in [2.45, 2.75) is 65.1 Å². The average molecular weight is 282 g/mol. The molecule has 1 heterocycles. The van der Waals surface area contributed by atoms with Crippen molar-refractivity contribution in [1.29, 1.82) is 0 Å². The van der Waals surface area contributed by atoms with Crippen LogP contribution in [-0.2, 0) is 14.3 Å². The van der Waals surface area contributed by atoms with E-state index in [2.05, 4.69) is 38.3 Å². The first-order chi connectivity index (χ1) is 9.30. The molecule has 1 aliphatic carbocycles. The summed E-state index contributed by atoms with van der Waals surface area (Å²) in [5.74, 6) is 0.176. The third kappa shape index (κ3) is 3.20. The molecule has 3 unspecified atom stereocenters. The lowest BCUT2D eigenvalue weighted by molar-refractivity contribution is -0.141. The highest BCUT2D eigenvalue weighted by atomic mass is 16.5. The predicted molar refractivity (Wildman–Crippen MR) is 76.1 cm³/mol. The molecule has 0 aromatic carbocycles. The summed E-state index contributed by atoms with van der Waals surface area (Å²) < 4.78 is 5.92. The summed E-state index contributed by atoms with van der Waals surface area (Å²) in [7, 11) is 0. The van der Waals surface area contributed by atoms with Crippen LogP contribution in [0.5, 0.6) is 0 Å². The molecule has 2 N–H and O–H groups in total. The van der Waals surface area contributed by atoms with E-state index in [4.69, 9.17) is 4.74 Å². The lowest BCUT2D eigenvalue weighted by Gasteiger charge is -2.53. The van der Waals surface area contributed by atoms with Crippen LogP contribution in [-0.4, -0.2) is 36.6 Å². The Morgan fingerprint density at radius 1 is 1.40 bits per heavy atom. The van der Waals surface area contributed by atoms with Gasteiger partial charge >= 0.3 is 0 Å². The summed E-state index contributed by atoms with van der Waals surface area (Å²) in [6.45, 7) is 9.41. The first kappa shape index (κ1) is 15.4. The van der Waals surface area contributed by atoms with Gasteiger partial charge in [-0.15, -0.1) is 0 Å². The van der Waals surface area contributed by atoms with Crippen LogP contribution >= 0.6 is 0 Å². The predicted octanol–water partition coefficient (Wildman–Crippen LogP) is 1.22. The minimum Gasteiger partial charge on any atom is -0.377 e. The largest absolute Gasteiger partial charge is 0.377 e. The lowest BCUT2D eigenvalue weighted by Crippen LogP contribution is -2.65. The SMILES string of the molecule is CC(C)COC1CC(NC2CCC(=O)NC2=O)C1(C)C. The Labute approximate surface area is 120 Å². The van der Waals surface area contributed by atoms with Gasteiger partial charge in [0.05, 0.1) is 12.1 Å². The van der Waals surface area contributed by atoms with Gasteiger partial charge in [-0.2, -0.15) is 0 Å². The van der Waals surface area contributed by atoms with Crippen LogP contribution in [0, 0.1) is 11.3 Å². The molecule has 2 rings (SSSR count). The fourth-order valence-corrected chi connectivity index (χ4v) is 2.86. The van der Waals surface area contributed by atoms with E-state index in [0.29, 0.717) is 18.8 Å². The number of piperidine rings is 1. The standard InChI is InChI=1S/C15H26N2O3/c1-9(2)8-20-12-7-11(15(12,3)4)16-10-5-6-13(18)17-14(10)19/h9-12,16H,5-8H2,1-4H3,(H,17,18,19). The molecule has 0 aromatic rings. The second kappa shape index (κ2) is 5.82. The molecular formula is C15H26N2O3. The fourth-order valence-electron chi connectivity index (χ4n) is 2.86. The van der Waals surface area contributed by atoms with Gasteiger partial charge in [0.2, 0.25) is 11.8 Å². The third-order valence-electron chi connectivity index (χ3n) is 4.45. The zero-order valence-electron chi connectivity index (χ0n) is 12.9. The number of nitrogens with one attached hydrogen (secondary N) is 2. The summed E-state index contributed by atoms with van der Waals surface area (Å²) in [6, 6.07) is 0.0200. The van der Waals surface area contributed by atoms with E-state index in [1.54, 1.807) is 0 Å². The van der Waals surface area contributed by atoms with Gasteiger partial charge in [0.1, 0.15) is 0 Å². The topological polar surface area (TPSA) is 67.4 Å². The zero-order chi connectivity index (χ0) is 14.9. The highest BCUT2D eigenvalue weighted by Crippen LogP contribution is 2.43. The second-order valence-electron chi connectivity index (χ2n) is 7.00. The van der Waals surface area contributed by atoms with Crippen molar-refractivity contribution in [3.63, 3.8) is 0 Å². The van der Waals surface area contributed by atoms with Crippen molar-refractivity contribution in [3.05, 3.63) is 0 Å². The Balaban J connectivity index is 1.83. The Morgan fingerprint density at radius 3 is 2.65 bits per heavy atom. The summed E-state index contributed by atoms with van der Waals surface area (Å²) in [4.78, 5) is 22.9. The number of amides is 2. The first-order valence-corrected chi connectivity index (χ1v) is 7.52. The maximum atomic E-state index is 11.8. The number of carbonyl (C=O) groups is 2. The Morgan fingerprint density at radius 2 is 2.10 bits per heavy atom. The van der Waals surface area contributed by atoms with Crippen molar-refractivity contribution >= 4 is 11.8 Å². The van der Waals surface area contributed by atoms with E-state index < -0.39 is 0 Å². The van der Waals surface area contributed by atoms with E-state index in [1.807, 2.05) is 0 Å². The maximum absolute atomic E-state index is 11.8. The molecule has 2 amide bonds. The van der Waals surface area contributed by atoms with E-state index in [1.165, 1.54) is 0 Å². The molecule has 1 saturated carbocycles. The minimum atomic E-state index is -0.247. The van der Waals surface area contributed by atoms with Crippen molar-refractivity contribution in [3.8, 4) is 0 Å². The van der Waals surface area contributed by atoms with Gasteiger partial charge in [-0.25, -0.2) is 0 Å². The highest BCUT2D eigenvalue weighted by molar-refractivity contribution is 6.00. The van der Waals surface area contributed by atoms with Crippen LogP contribution < -0.4 is 10.6 Å². The van der Waals surface area contributed by atoms with Gasteiger partial charge in [0.25, 0.3) is 0 Å². The Bertz CT molecular complexity index is 393. The molecule has 2 fully saturated rings. The quantitative estimate of drug-likeness (QED) is 0.744. The normalized spacial score (nSPS) is 33.0. The molecule has 0 spiro atoms. The molecule has 1 saturated heterocycles. The van der Waals surface area contributed by atoms with Crippen LogP contribution in [0.15, 0.2) is 0 Å². The van der Waals surface area contributed by atoms with Crippen molar-refractivity contribution in [2.24, 2.45) is 11.3 Å². The highest BCUT2D eigenvalue weighted by Gasteiger charge is 2.50. The Hall–Kier alpha value is -0.940. The van der Waals surface area contributed by atoms with E-state index in [0.717, 1.165) is 13.0 Å². The number of hydrogen-bond donors (Lipinski definition) is 2. The van der Waals surface area contributed by atoms with Crippen molar-refractivity contribution in [1.82, 2.24) is 10.6 Å². The van der Waals surface area contributed by atoms with Gasteiger partial charge < -0.3 is 10.1 Å². The minimum absolute atomic E-state index is 0.0244. The van der Waals surface area contributed by atoms with Crippen molar-refractivity contribution < 1.29 is 14.3 Å². The molecule has 2 aliphatic rings.